The van der Waals surface area contributed by atoms with Gasteiger partial charge >= 0.3 is 0 Å². The molecule has 2 aromatic heterocycles. The predicted octanol–water partition coefficient (Wildman–Crippen LogP) is 11.8. The normalized spacial score (nSPS) is 11.5. The highest BCUT2D eigenvalue weighted by Gasteiger charge is 2.19. The van der Waals surface area contributed by atoms with Crippen LogP contribution in [0, 0.1) is 0 Å². The van der Waals surface area contributed by atoms with Crippen LogP contribution in [0.1, 0.15) is 0 Å². The maximum atomic E-state index is 4.89. The number of fused-ring (bicyclic) bond motifs is 4. The van der Waals surface area contributed by atoms with Gasteiger partial charge in [0.1, 0.15) is 0 Å². The van der Waals surface area contributed by atoms with Gasteiger partial charge in [0.15, 0.2) is 0 Å². The van der Waals surface area contributed by atoms with Gasteiger partial charge in [0.05, 0.1) is 11.4 Å². The van der Waals surface area contributed by atoms with Crippen molar-refractivity contribution in [3.8, 4) is 44.8 Å². The zero-order valence-electron chi connectivity index (χ0n) is 25.1. The Morgan fingerprint density at radius 2 is 0.696 bits per heavy atom. The first-order chi connectivity index (χ1) is 22.8. The van der Waals surface area contributed by atoms with Gasteiger partial charge in [-0.3, -0.25) is 9.97 Å². The second-order valence-electron chi connectivity index (χ2n) is 11.8. The van der Waals surface area contributed by atoms with Crippen LogP contribution >= 0.6 is 0 Å². The number of pyridine rings is 2. The average Bonchev–Trinajstić information content (AvgIpc) is 3.13. The van der Waals surface area contributed by atoms with Crippen LogP contribution in [0.4, 0.5) is 0 Å². The third-order valence-electron chi connectivity index (χ3n) is 9.14. The van der Waals surface area contributed by atoms with Crippen LogP contribution in [0.25, 0.3) is 87.9 Å². The first kappa shape index (κ1) is 26.3. The third-order valence-corrected chi connectivity index (χ3v) is 9.14. The van der Waals surface area contributed by atoms with Crippen molar-refractivity contribution in [2.75, 3.05) is 0 Å². The van der Waals surface area contributed by atoms with Gasteiger partial charge in [-0.1, -0.05) is 133 Å². The standard InChI is InChI=1S/C44H28N2/c1-3-13-31(14-4-1)41-37-21-19-34(44-36-18-10-8-12-30(36)24-26-46-44)28-40(37)42(32-15-5-2-6-16-32)38-22-20-33(27-39(38)41)43-35-17-9-7-11-29(35)23-25-45-43/h1-28H. The van der Waals surface area contributed by atoms with E-state index in [-0.39, 0.29) is 0 Å². The molecule has 0 N–H and O–H groups in total. The molecular weight excluding hydrogens is 556 g/mol. The Kier molecular flexibility index (Phi) is 6.17. The third kappa shape index (κ3) is 4.27. The first-order valence-electron chi connectivity index (χ1n) is 15.7. The highest BCUT2D eigenvalue weighted by molar-refractivity contribution is 6.22. The van der Waals surface area contributed by atoms with Crippen LogP contribution in [-0.4, -0.2) is 9.97 Å². The maximum Gasteiger partial charge on any atom is 0.0780 e. The summed E-state index contributed by atoms with van der Waals surface area (Å²) in [6.07, 6.45) is 3.83. The molecule has 0 aliphatic rings. The Morgan fingerprint density at radius 1 is 0.283 bits per heavy atom. The number of nitrogens with zero attached hydrogens (tertiary/aromatic N) is 2. The van der Waals surface area contributed by atoms with Gasteiger partial charge in [-0.25, -0.2) is 0 Å². The second kappa shape index (κ2) is 10.8. The predicted molar refractivity (Wildman–Crippen MR) is 194 cm³/mol. The minimum Gasteiger partial charge on any atom is -0.256 e. The lowest BCUT2D eigenvalue weighted by molar-refractivity contribution is 1.36. The molecule has 2 heterocycles. The Hall–Kier alpha value is -6.12. The molecule has 0 aliphatic heterocycles. The van der Waals surface area contributed by atoms with Gasteiger partial charge in [-0.2, -0.15) is 0 Å². The molecule has 0 bridgehead atoms. The number of aromatic nitrogens is 2. The molecule has 0 radical (unpaired) electrons. The molecule has 2 nitrogen and oxygen atoms in total. The van der Waals surface area contributed by atoms with Gasteiger partial charge in [0.2, 0.25) is 0 Å². The van der Waals surface area contributed by atoms with Crippen LogP contribution < -0.4 is 0 Å². The summed E-state index contributed by atoms with van der Waals surface area (Å²) < 4.78 is 0. The SMILES string of the molecule is c1ccc(-c2c3ccc(-c4nccc5ccccc45)cc3c(-c3ccccc3)c3ccc(-c4nccc5ccccc45)cc23)cc1. The fourth-order valence-electron chi connectivity index (χ4n) is 7.05. The summed E-state index contributed by atoms with van der Waals surface area (Å²) in [5, 5.41) is 9.53. The first-order valence-corrected chi connectivity index (χ1v) is 15.7. The monoisotopic (exact) mass is 584 g/mol. The molecule has 0 aliphatic carbocycles. The molecule has 214 valence electrons. The van der Waals surface area contributed by atoms with E-state index >= 15 is 0 Å². The number of hydrogen-bond acceptors (Lipinski definition) is 2. The van der Waals surface area contributed by atoms with Crippen molar-refractivity contribution in [3.63, 3.8) is 0 Å². The summed E-state index contributed by atoms with van der Waals surface area (Å²) in [5.74, 6) is 0. The van der Waals surface area contributed by atoms with Crippen LogP contribution in [0.2, 0.25) is 0 Å². The van der Waals surface area contributed by atoms with Crippen LogP contribution in [0.3, 0.4) is 0 Å². The summed E-state index contributed by atoms with van der Waals surface area (Å²) in [6, 6.07) is 56.5. The molecule has 0 amide bonds. The molecule has 0 saturated heterocycles. The minimum atomic E-state index is 0.998. The summed E-state index contributed by atoms with van der Waals surface area (Å²) in [5.41, 5.74) is 9.05. The molecule has 2 heteroatoms. The maximum absolute atomic E-state index is 4.89. The van der Waals surface area contributed by atoms with E-state index in [1.165, 1.54) is 54.6 Å². The van der Waals surface area contributed by atoms with E-state index in [0.29, 0.717) is 0 Å². The Balaban J connectivity index is 1.41. The summed E-state index contributed by atoms with van der Waals surface area (Å²) in [6.45, 7) is 0. The Bertz CT molecular complexity index is 2380. The van der Waals surface area contributed by atoms with Crippen molar-refractivity contribution in [3.05, 3.63) is 170 Å². The van der Waals surface area contributed by atoms with E-state index < -0.39 is 0 Å². The summed E-state index contributed by atoms with van der Waals surface area (Å²) in [7, 11) is 0. The van der Waals surface area contributed by atoms with E-state index in [0.717, 1.165) is 33.3 Å². The highest BCUT2D eigenvalue weighted by atomic mass is 14.7. The largest absolute Gasteiger partial charge is 0.256 e. The fourth-order valence-corrected chi connectivity index (χ4v) is 7.05. The Labute approximate surface area is 267 Å². The molecule has 7 aromatic carbocycles. The molecule has 0 saturated carbocycles. The van der Waals surface area contributed by atoms with Gasteiger partial charge < -0.3 is 0 Å². The number of hydrogen-bond donors (Lipinski definition) is 0. The lowest BCUT2D eigenvalue weighted by Crippen LogP contribution is -1.94. The van der Waals surface area contributed by atoms with Crippen molar-refractivity contribution >= 4 is 43.1 Å². The lowest BCUT2D eigenvalue weighted by atomic mass is 9.84. The molecule has 46 heavy (non-hydrogen) atoms. The lowest BCUT2D eigenvalue weighted by Gasteiger charge is -2.20. The highest BCUT2D eigenvalue weighted by Crippen LogP contribution is 2.46. The zero-order valence-corrected chi connectivity index (χ0v) is 25.1. The van der Waals surface area contributed by atoms with Crippen LogP contribution in [0.15, 0.2) is 170 Å². The van der Waals surface area contributed by atoms with Gasteiger partial charge in [0, 0.05) is 34.3 Å². The van der Waals surface area contributed by atoms with Gasteiger partial charge in [-0.15, -0.1) is 0 Å². The topological polar surface area (TPSA) is 25.8 Å². The number of rotatable bonds is 4. The molecule has 0 spiro atoms. The molecule has 0 fully saturated rings. The summed E-state index contributed by atoms with van der Waals surface area (Å²) in [4.78, 5) is 9.78. The second-order valence-corrected chi connectivity index (χ2v) is 11.8. The average molecular weight is 585 g/mol. The van der Waals surface area contributed by atoms with Gasteiger partial charge in [0.25, 0.3) is 0 Å². The zero-order chi connectivity index (χ0) is 30.5. The van der Waals surface area contributed by atoms with Crippen LogP contribution in [0.5, 0.6) is 0 Å². The molecule has 0 atom stereocenters. The summed E-state index contributed by atoms with van der Waals surface area (Å²) >= 11 is 0. The molecule has 9 rings (SSSR count). The van der Waals surface area contributed by atoms with Crippen molar-refractivity contribution in [1.29, 1.82) is 0 Å². The smallest absolute Gasteiger partial charge is 0.0780 e. The van der Waals surface area contributed by atoms with Crippen molar-refractivity contribution < 1.29 is 0 Å². The van der Waals surface area contributed by atoms with Gasteiger partial charge in [-0.05, 0) is 78.8 Å². The van der Waals surface area contributed by atoms with Crippen molar-refractivity contribution in [1.82, 2.24) is 9.97 Å². The van der Waals surface area contributed by atoms with Crippen molar-refractivity contribution in [2.45, 2.75) is 0 Å². The fraction of sp³-hybridized carbons (Fsp3) is 0. The molecule has 9 aromatic rings. The molecular formula is C44H28N2. The minimum absolute atomic E-state index is 0.998. The quantitative estimate of drug-likeness (QED) is 0.192. The molecule has 0 unspecified atom stereocenters. The van der Waals surface area contributed by atoms with Crippen molar-refractivity contribution in [2.24, 2.45) is 0 Å². The van der Waals surface area contributed by atoms with Crippen LogP contribution in [-0.2, 0) is 0 Å². The Morgan fingerprint density at radius 3 is 1.15 bits per heavy atom. The van der Waals surface area contributed by atoms with E-state index in [2.05, 4.69) is 158 Å². The van der Waals surface area contributed by atoms with E-state index in [9.17, 15) is 0 Å². The van der Waals surface area contributed by atoms with E-state index in [1.54, 1.807) is 0 Å². The van der Waals surface area contributed by atoms with E-state index in [1.807, 2.05) is 12.4 Å². The van der Waals surface area contributed by atoms with E-state index in [4.69, 9.17) is 9.97 Å². The number of benzene rings is 7.